The second kappa shape index (κ2) is 9.92. The van der Waals surface area contributed by atoms with Gasteiger partial charge in [0.1, 0.15) is 5.82 Å². The van der Waals surface area contributed by atoms with E-state index in [9.17, 15) is 19.8 Å². The quantitative estimate of drug-likeness (QED) is 0.340. The molecule has 6 rings (SSSR count). The topological polar surface area (TPSA) is 112 Å². The molecule has 4 bridgehead atoms. The maximum Gasteiger partial charge on any atom is 0.306 e. The van der Waals surface area contributed by atoms with Crippen LogP contribution in [0.5, 0.6) is 0 Å². The SMILES string of the molecule is CCCc1nc(NCC2CCC(C(=O)O)CC2)c(S)cc1C(=O)NC1C2CC3CC1CC(O)(C3)C2. The Hall–Kier alpha value is -1.80. The number of carbonyl (C=O) groups is 2. The van der Waals surface area contributed by atoms with E-state index in [1.165, 1.54) is 0 Å². The number of hydrogen-bond donors (Lipinski definition) is 5. The molecule has 5 aliphatic rings. The molecule has 1 amide bonds. The highest BCUT2D eigenvalue weighted by atomic mass is 32.1. The number of carboxylic acids is 1. The van der Waals surface area contributed by atoms with E-state index in [0.717, 1.165) is 76.4 Å². The van der Waals surface area contributed by atoms with Crippen LogP contribution in [0.4, 0.5) is 5.82 Å². The van der Waals surface area contributed by atoms with Gasteiger partial charge in [0.15, 0.2) is 0 Å². The number of aryl methyl sites for hydroxylation is 1. The highest BCUT2D eigenvalue weighted by Gasteiger charge is 2.55. The first kappa shape index (κ1) is 24.9. The van der Waals surface area contributed by atoms with Gasteiger partial charge in [-0.15, -0.1) is 12.6 Å². The summed E-state index contributed by atoms with van der Waals surface area (Å²) in [4.78, 5) is 30.1. The van der Waals surface area contributed by atoms with Crippen LogP contribution < -0.4 is 10.6 Å². The third-order valence-electron chi connectivity index (χ3n) is 9.11. The number of carboxylic acid groups (broad SMARTS) is 1. The number of rotatable bonds is 8. The number of anilines is 1. The molecule has 1 aromatic heterocycles. The molecule has 0 saturated heterocycles. The third-order valence-corrected chi connectivity index (χ3v) is 9.45. The minimum Gasteiger partial charge on any atom is -0.481 e. The van der Waals surface area contributed by atoms with Crippen molar-refractivity contribution in [1.82, 2.24) is 10.3 Å². The van der Waals surface area contributed by atoms with Crippen LogP contribution in [0.25, 0.3) is 0 Å². The predicted octanol–water partition coefficient (Wildman–Crippen LogP) is 4.30. The second-order valence-electron chi connectivity index (χ2n) is 11.7. The molecule has 0 radical (unpaired) electrons. The van der Waals surface area contributed by atoms with Crippen molar-refractivity contribution in [1.29, 1.82) is 0 Å². The minimum absolute atomic E-state index is 0.0701. The largest absolute Gasteiger partial charge is 0.481 e. The maximum absolute atomic E-state index is 13.5. The van der Waals surface area contributed by atoms with Crippen molar-refractivity contribution in [3.63, 3.8) is 0 Å². The van der Waals surface area contributed by atoms with Crippen molar-refractivity contribution in [2.45, 2.75) is 94.1 Å². The fourth-order valence-electron chi connectivity index (χ4n) is 7.60. The van der Waals surface area contributed by atoms with Crippen molar-refractivity contribution in [2.24, 2.45) is 29.6 Å². The van der Waals surface area contributed by atoms with Crippen LogP contribution in [0.1, 0.15) is 87.2 Å². The highest BCUT2D eigenvalue weighted by Crippen LogP contribution is 2.55. The first-order valence-corrected chi connectivity index (χ1v) is 13.9. The summed E-state index contributed by atoms with van der Waals surface area (Å²) in [6.45, 7) is 2.82. The summed E-state index contributed by atoms with van der Waals surface area (Å²) in [6, 6.07) is 1.99. The molecule has 0 aliphatic heterocycles. The van der Waals surface area contributed by atoms with Gasteiger partial charge in [0.05, 0.1) is 22.8 Å². The van der Waals surface area contributed by atoms with E-state index in [-0.39, 0.29) is 17.9 Å². The predicted molar refractivity (Wildman–Crippen MR) is 137 cm³/mol. The first-order chi connectivity index (χ1) is 16.7. The molecule has 1 heterocycles. The zero-order valence-corrected chi connectivity index (χ0v) is 21.5. The smallest absolute Gasteiger partial charge is 0.306 e. The minimum atomic E-state index is -0.682. The van der Waals surface area contributed by atoms with Crippen LogP contribution in [0.15, 0.2) is 11.0 Å². The number of aromatic nitrogens is 1. The van der Waals surface area contributed by atoms with Crippen molar-refractivity contribution >= 4 is 30.3 Å². The fourth-order valence-corrected chi connectivity index (χ4v) is 7.85. The number of aliphatic carboxylic acids is 1. The van der Waals surface area contributed by atoms with E-state index in [1.54, 1.807) is 0 Å². The van der Waals surface area contributed by atoms with Gasteiger partial charge in [0.25, 0.3) is 5.91 Å². The van der Waals surface area contributed by atoms with E-state index in [0.29, 0.717) is 46.4 Å². The third kappa shape index (κ3) is 5.19. The van der Waals surface area contributed by atoms with Crippen LogP contribution >= 0.6 is 12.6 Å². The Balaban J connectivity index is 1.25. The Labute approximate surface area is 213 Å². The number of amides is 1. The van der Waals surface area contributed by atoms with Gasteiger partial charge in [-0.3, -0.25) is 9.59 Å². The average molecular weight is 502 g/mol. The van der Waals surface area contributed by atoms with Gasteiger partial charge < -0.3 is 20.8 Å². The molecule has 8 heteroatoms. The van der Waals surface area contributed by atoms with Crippen LogP contribution in [0.3, 0.4) is 0 Å². The lowest BCUT2D eigenvalue weighted by atomic mass is 9.52. The standard InChI is InChI=1S/C27H39N3O4S/c1-2-3-21-20(25(31)30-23-18-8-16-9-19(23)13-27(34,11-16)12-18)10-22(35)24(29-21)28-14-15-4-6-17(7-5-15)26(32)33/h10,15-19,23,34-35H,2-9,11-14H2,1H3,(H,28,29)(H,30,31)(H,32,33). The molecule has 192 valence electrons. The Morgan fingerprint density at radius 1 is 1.14 bits per heavy atom. The molecule has 5 fully saturated rings. The highest BCUT2D eigenvalue weighted by molar-refractivity contribution is 7.80. The molecule has 4 N–H and O–H groups in total. The fraction of sp³-hybridized carbons (Fsp3) is 0.741. The lowest BCUT2D eigenvalue weighted by Crippen LogP contribution is -2.61. The number of nitrogens with zero attached hydrogens (tertiary/aromatic N) is 1. The van der Waals surface area contributed by atoms with Crippen LogP contribution in [-0.2, 0) is 11.2 Å². The van der Waals surface area contributed by atoms with Gasteiger partial charge in [-0.2, -0.15) is 0 Å². The van der Waals surface area contributed by atoms with Gasteiger partial charge in [-0.05, 0) is 93.9 Å². The zero-order valence-electron chi connectivity index (χ0n) is 20.6. The first-order valence-electron chi connectivity index (χ1n) is 13.5. The summed E-state index contributed by atoms with van der Waals surface area (Å²) in [6.07, 6.45) is 9.62. The summed E-state index contributed by atoms with van der Waals surface area (Å²) in [7, 11) is 0. The monoisotopic (exact) mass is 501 g/mol. The van der Waals surface area contributed by atoms with E-state index in [2.05, 4.69) is 30.2 Å². The zero-order chi connectivity index (χ0) is 24.7. The van der Waals surface area contributed by atoms with Gasteiger partial charge in [0.2, 0.25) is 0 Å². The van der Waals surface area contributed by atoms with Crippen molar-refractivity contribution in [2.75, 3.05) is 11.9 Å². The van der Waals surface area contributed by atoms with Gasteiger partial charge in [-0.25, -0.2) is 4.98 Å². The Kier molecular flexibility index (Phi) is 7.05. The number of thiol groups is 1. The molecule has 2 atom stereocenters. The Morgan fingerprint density at radius 2 is 1.83 bits per heavy atom. The maximum atomic E-state index is 13.5. The molecule has 7 nitrogen and oxygen atoms in total. The summed E-state index contributed by atoms with van der Waals surface area (Å²) < 4.78 is 0. The van der Waals surface area contributed by atoms with E-state index in [1.807, 2.05) is 6.07 Å². The summed E-state index contributed by atoms with van der Waals surface area (Å²) in [5, 5.41) is 26.9. The number of nitrogens with one attached hydrogen (secondary N) is 2. The molecule has 5 aliphatic carbocycles. The van der Waals surface area contributed by atoms with E-state index >= 15 is 0 Å². The summed E-state index contributed by atoms with van der Waals surface area (Å²) in [5.41, 5.74) is 0.893. The molecular weight excluding hydrogens is 462 g/mol. The van der Waals surface area contributed by atoms with Crippen LogP contribution in [0.2, 0.25) is 0 Å². The van der Waals surface area contributed by atoms with Crippen LogP contribution in [-0.4, -0.2) is 45.3 Å². The van der Waals surface area contributed by atoms with Crippen LogP contribution in [0, 0.1) is 29.6 Å². The summed E-state index contributed by atoms with van der Waals surface area (Å²) >= 11 is 4.66. The molecule has 0 spiro atoms. The van der Waals surface area contributed by atoms with E-state index in [4.69, 9.17) is 4.98 Å². The molecule has 35 heavy (non-hydrogen) atoms. The normalized spacial score (nSPS) is 35.6. The van der Waals surface area contributed by atoms with Crippen molar-refractivity contribution in [3.8, 4) is 0 Å². The lowest BCUT2D eigenvalue weighted by Gasteiger charge is -2.58. The van der Waals surface area contributed by atoms with Crippen molar-refractivity contribution in [3.05, 3.63) is 17.3 Å². The van der Waals surface area contributed by atoms with Gasteiger partial charge >= 0.3 is 5.97 Å². The van der Waals surface area contributed by atoms with E-state index < -0.39 is 11.6 Å². The second-order valence-corrected chi connectivity index (χ2v) is 12.2. The number of hydrogen-bond acceptors (Lipinski definition) is 6. The Bertz CT molecular complexity index is 961. The number of aliphatic hydroxyl groups is 1. The molecular formula is C27H39N3O4S. The van der Waals surface area contributed by atoms with Gasteiger partial charge in [0, 0.05) is 17.5 Å². The van der Waals surface area contributed by atoms with Crippen molar-refractivity contribution < 1.29 is 19.8 Å². The molecule has 5 saturated carbocycles. The Morgan fingerprint density at radius 3 is 2.43 bits per heavy atom. The molecule has 2 unspecified atom stereocenters. The number of pyridine rings is 1. The average Bonchev–Trinajstić information content (AvgIpc) is 2.80. The van der Waals surface area contributed by atoms with Gasteiger partial charge in [-0.1, -0.05) is 13.3 Å². The lowest BCUT2D eigenvalue weighted by molar-refractivity contribution is -0.143. The molecule has 0 aromatic carbocycles. The summed E-state index contributed by atoms with van der Waals surface area (Å²) in [5.74, 6) is 1.50. The number of carbonyl (C=O) groups excluding carboxylic acids is 1. The molecule has 1 aromatic rings.